The fraction of sp³-hybridized carbons (Fsp3) is 0.636. The van der Waals surface area contributed by atoms with Crippen LogP contribution in [0.5, 0.6) is 0 Å². The molecule has 0 fully saturated rings. The number of nitrogens with zero attached hydrogens (tertiary/aromatic N) is 1. The van der Waals surface area contributed by atoms with Crippen molar-refractivity contribution in [3.05, 3.63) is 22.4 Å². The van der Waals surface area contributed by atoms with Crippen molar-refractivity contribution in [2.75, 3.05) is 27.3 Å². The minimum Gasteiger partial charge on any atom is -0.383 e. The standard InChI is InChI=1S/C11H20N2OS/c1-9(8-14-3)13(2)10(7-12)11-5-4-6-15-11/h4-6,9-10H,7-8,12H2,1-3H3. The first-order valence-electron chi connectivity index (χ1n) is 5.15. The van der Waals surface area contributed by atoms with E-state index in [1.54, 1.807) is 18.4 Å². The molecule has 1 heterocycles. The molecular weight excluding hydrogens is 208 g/mol. The zero-order valence-electron chi connectivity index (χ0n) is 9.64. The number of rotatable bonds is 6. The summed E-state index contributed by atoms with van der Waals surface area (Å²) in [7, 11) is 3.83. The Bertz CT molecular complexity index is 264. The number of ether oxygens (including phenoxy) is 1. The lowest BCUT2D eigenvalue weighted by Gasteiger charge is -2.31. The predicted octanol–water partition coefficient (Wildman–Crippen LogP) is 1.71. The summed E-state index contributed by atoms with van der Waals surface area (Å²) >= 11 is 1.76. The maximum absolute atomic E-state index is 5.82. The van der Waals surface area contributed by atoms with Gasteiger partial charge in [0.15, 0.2) is 0 Å². The van der Waals surface area contributed by atoms with Crippen LogP contribution in [0.2, 0.25) is 0 Å². The topological polar surface area (TPSA) is 38.5 Å². The zero-order chi connectivity index (χ0) is 11.3. The van der Waals surface area contributed by atoms with Crippen LogP contribution in [0.1, 0.15) is 17.8 Å². The first kappa shape index (κ1) is 12.6. The third-order valence-corrected chi connectivity index (χ3v) is 3.66. The first-order chi connectivity index (χ1) is 7.20. The van der Waals surface area contributed by atoms with Gasteiger partial charge in [-0.25, -0.2) is 0 Å². The molecule has 1 aromatic rings. The van der Waals surface area contributed by atoms with Crippen LogP contribution >= 0.6 is 11.3 Å². The van der Waals surface area contributed by atoms with Crippen LogP contribution in [0.3, 0.4) is 0 Å². The van der Waals surface area contributed by atoms with Crippen molar-refractivity contribution >= 4 is 11.3 Å². The summed E-state index contributed by atoms with van der Waals surface area (Å²) in [6, 6.07) is 4.89. The van der Waals surface area contributed by atoms with Gasteiger partial charge in [-0.15, -0.1) is 11.3 Å². The Kier molecular flexibility index (Phi) is 5.25. The Labute approximate surface area is 95.8 Å². The van der Waals surface area contributed by atoms with E-state index in [2.05, 4.69) is 36.4 Å². The van der Waals surface area contributed by atoms with E-state index in [1.807, 2.05) is 0 Å². The van der Waals surface area contributed by atoms with Gasteiger partial charge >= 0.3 is 0 Å². The largest absolute Gasteiger partial charge is 0.383 e. The molecule has 0 aliphatic rings. The Morgan fingerprint density at radius 2 is 2.33 bits per heavy atom. The van der Waals surface area contributed by atoms with Crippen molar-refractivity contribution in [1.82, 2.24) is 4.90 Å². The quantitative estimate of drug-likeness (QED) is 0.805. The lowest BCUT2D eigenvalue weighted by Crippen LogP contribution is -2.38. The van der Waals surface area contributed by atoms with Crippen molar-refractivity contribution in [3.63, 3.8) is 0 Å². The van der Waals surface area contributed by atoms with Gasteiger partial charge in [-0.1, -0.05) is 6.07 Å². The van der Waals surface area contributed by atoms with Crippen LogP contribution in [0.15, 0.2) is 17.5 Å². The molecule has 15 heavy (non-hydrogen) atoms. The second-order valence-corrected chi connectivity index (χ2v) is 4.72. The number of nitrogens with two attached hydrogens (primary N) is 1. The minimum absolute atomic E-state index is 0.301. The summed E-state index contributed by atoms with van der Waals surface area (Å²) in [5.74, 6) is 0. The molecule has 1 rings (SSSR count). The summed E-state index contributed by atoms with van der Waals surface area (Å²) in [6.07, 6.45) is 0. The van der Waals surface area contributed by atoms with Gasteiger partial charge in [-0.2, -0.15) is 0 Å². The molecule has 1 aromatic heterocycles. The summed E-state index contributed by atoms with van der Waals surface area (Å²) in [5.41, 5.74) is 5.82. The number of methoxy groups -OCH3 is 1. The highest BCUT2D eigenvalue weighted by Gasteiger charge is 2.20. The molecule has 0 bridgehead atoms. The van der Waals surface area contributed by atoms with E-state index in [9.17, 15) is 0 Å². The van der Waals surface area contributed by atoms with Crippen LogP contribution in [0, 0.1) is 0 Å². The van der Waals surface area contributed by atoms with E-state index in [1.165, 1.54) is 4.88 Å². The van der Waals surface area contributed by atoms with Crippen molar-refractivity contribution in [2.24, 2.45) is 5.73 Å². The molecule has 0 spiro atoms. The second-order valence-electron chi connectivity index (χ2n) is 3.74. The van der Waals surface area contributed by atoms with Crippen molar-refractivity contribution in [3.8, 4) is 0 Å². The van der Waals surface area contributed by atoms with Crippen LogP contribution < -0.4 is 5.73 Å². The smallest absolute Gasteiger partial charge is 0.0615 e. The first-order valence-corrected chi connectivity index (χ1v) is 6.03. The SMILES string of the molecule is COCC(C)N(C)C(CN)c1cccs1. The Balaban J connectivity index is 2.66. The Morgan fingerprint density at radius 3 is 2.80 bits per heavy atom. The third-order valence-electron chi connectivity index (χ3n) is 2.69. The summed E-state index contributed by atoms with van der Waals surface area (Å²) in [4.78, 5) is 3.60. The van der Waals surface area contributed by atoms with Gasteiger partial charge in [0.05, 0.1) is 12.6 Å². The summed E-state index contributed by atoms with van der Waals surface area (Å²) in [6.45, 7) is 3.53. The minimum atomic E-state index is 0.301. The van der Waals surface area contributed by atoms with Crippen molar-refractivity contribution in [2.45, 2.75) is 19.0 Å². The van der Waals surface area contributed by atoms with E-state index >= 15 is 0 Å². The Hall–Kier alpha value is -0.420. The number of thiophene rings is 1. The molecule has 2 atom stereocenters. The van der Waals surface area contributed by atoms with Crippen LogP contribution in [0.25, 0.3) is 0 Å². The van der Waals surface area contributed by atoms with E-state index in [0.29, 0.717) is 18.6 Å². The molecule has 0 radical (unpaired) electrons. The van der Waals surface area contributed by atoms with Crippen molar-refractivity contribution in [1.29, 1.82) is 0 Å². The third kappa shape index (κ3) is 3.28. The predicted molar refractivity (Wildman–Crippen MR) is 65.2 cm³/mol. The molecule has 0 saturated carbocycles. The molecule has 3 nitrogen and oxygen atoms in total. The van der Waals surface area contributed by atoms with Gasteiger partial charge in [0.1, 0.15) is 0 Å². The van der Waals surface area contributed by atoms with E-state index in [-0.39, 0.29) is 0 Å². The maximum atomic E-state index is 5.82. The van der Waals surface area contributed by atoms with Gasteiger partial charge in [0, 0.05) is 24.6 Å². The molecule has 2 unspecified atom stereocenters. The normalized spacial score (nSPS) is 15.5. The molecule has 2 N–H and O–H groups in total. The number of likely N-dealkylation sites (N-methyl/N-ethyl adjacent to an activating group) is 1. The number of hydrogen-bond donors (Lipinski definition) is 1. The van der Waals surface area contributed by atoms with Gasteiger partial charge in [0.25, 0.3) is 0 Å². The monoisotopic (exact) mass is 228 g/mol. The highest BCUT2D eigenvalue weighted by atomic mass is 32.1. The van der Waals surface area contributed by atoms with Crippen LogP contribution in [0.4, 0.5) is 0 Å². The molecule has 0 aliphatic heterocycles. The zero-order valence-corrected chi connectivity index (χ0v) is 10.5. The van der Waals surface area contributed by atoms with E-state index < -0.39 is 0 Å². The van der Waals surface area contributed by atoms with Gasteiger partial charge in [-0.3, -0.25) is 4.90 Å². The molecular formula is C11H20N2OS. The average Bonchev–Trinajstić information content (AvgIpc) is 2.72. The highest BCUT2D eigenvalue weighted by molar-refractivity contribution is 7.10. The molecule has 0 aromatic carbocycles. The average molecular weight is 228 g/mol. The lowest BCUT2D eigenvalue weighted by atomic mass is 10.1. The molecule has 4 heteroatoms. The molecule has 0 saturated heterocycles. The fourth-order valence-electron chi connectivity index (χ4n) is 1.63. The van der Waals surface area contributed by atoms with Crippen molar-refractivity contribution < 1.29 is 4.74 Å². The second kappa shape index (κ2) is 6.23. The number of hydrogen-bond acceptors (Lipinski definition) is 4. The molecule has 0 aliphatic carbocycles. The summed E-state index contributed by atoms with van der Waals surface area (Å²) < 4.78 is 5.16. The van der Waals surface area contributed by atoms with Crippen LogP contribution in [-0.2, 0) is 4.74 Å². The van der Waals surface area contributed by atoms with Gasteiger partial charge in [0.2, 0.25) is 0 Å². The van der Waals surface area contributed by atoms with Gasteiger partial charge in [-0.05, 0) is 25.4 Å². The lowest BCUT2D eigenvalue weighted by molar-refractivity contribution is 0.0920. The molecule has 86 valence electrons. The van der Waals surface area contributed by atoms with E-state index in [4.69, 9.17) is 10.5 Å². The maximum Gasteiger partial charge on any atom is 0.0615 e. The van der Waals surface area contributed by atoms with Gasteiger partial charge < -0.3 is 10.5 Å². The molecule has 0 amide bonds. The highest BCUT2D eigenvalue weighted by Crippen LogP contribution is 2.24. The Morgan fingerprint density at radius 1 is 1.60 bits per heavy atom. The summed E-state index contributed by atoms with van der Waals surface area (Å²) in [5, 5.41) is 2.09. The fourth-order valence-corrected chi connectivity index (χ4v) is 2.52. The van der Waals surface area contributed by atoms with Crippen LogP contribution in [-0.4, -0.2) is 38.3 Å². The van der Waals surface area contributed by atoms with E-state index in [0.717, 1.165) is 6.61 Å².